The van der Waals surface area contributed by atoms with Crippen LogP contribution in [-0.2, 0) is 29.1 Å². The van der Waals surface area contributed by atoms with Crippen molar-refractivity contribution in [2.45, 2.75) is 39.3 Å². The second-order valence-electron chi connectivity index (χ2n) is 6.89. The van der Waals surface area contributed by atoms with E-state index < -0.39 is 0 Å². The highest BCUT2D eigenvalue weighted by Gasteiger charge is 2.28. The van der Waals surface area contributed by atoms with Crippen molar-refractivity contribution in [1.29, 1.82) is 0 Å². The molecular weight excluding hydrogens is 381 g/mol. The quantitative estimate of drug-likeness (QED) is 0.722. The van der Waals surface area contributed by atoms with Gasteiger partial charge in [-0.3, -0.25) is 14.7 Å². The lowest BCUT2D eigenvalue weighted by Crippen LogP contribution is -2.46. The minimum absolute atomic E-state index is 0.0454. The van der Waals surface area contributed by atoms with E-state index in [1.807, 2.05) is 11.5 Å². The Balaban J connectivity index is 1.54. The highest BCUT2D eigenvalue weighted by molar-refractivity contribution is 7.71. The zero-order valence-corrected chi connectivity index (χ0v) is 16.6. The molecule has 0 bridgehead atoms. The first-order valence-electron chi connectivity index (χ1n) is 9.42. The molecule has 1 fully saturated rings. The molecule has 0 spiro atoms. The van der Waals surface area contributed by atoms with Crippen LogP contribution >= 0.6 is 12.2 Å². The number of piperidine rings is 1. The summed E-state index contributed by atoms with van der Waals surface area (Å²) in [5.41, 5.74) is 0.764. The number of carbonyl (C=O) groups excluding carboxylic acids is 2. The highest BCUT2D eigenvalue weighted by Crippen LogP contribution is 2.18. The van der Waals surface area contributed by atoms with Gasteiger partial charge >= 0.3 is 0 Å². The van der Waals surface area contributed by atoms with E-state index in [2.05, 4.69) is 15.5 Å². The van der Waals surface area contributed by atoms with Crippen molar-refractivity contribution in [2.24, 2.45) is 5.92 Å². The largest absolute Gasteiger partial charge is 0.348 e. The molecule has 1 saturated heterocycles. The van der Waals surface area contributed by atoms with Crippen molar-refractivity contribution >= 4 is 24.0 Å². The number of halogens is 1. The molecule has 1 aromatic carbocycles. The zero-order valence-electron chi connectivity index (χ0n) is 15.8. The van der Waals surface area contributed by atoms with Crippen molar-refractivity contribution < 1.29 is 14.0 Å². The van der Waals surface area contributed by atoms with Crippen LogP contribution in [-0.4, -0.2) is 44.6 Å². The summed E-state index contributed by atoms with van der Waals surface area (Å²) >= 11 is 5.15. The van der Waals surface area contributed by atoms with Gasteiger partial charge in [-0.1, -0.05) is 12.1 Å². The monoisotopic (exact) mass is 405 g/mol. The number of likely N-dealkylation sites (tertiary alicyclic amines) is 1. The van der Waals surface area contributed by atoms with Crippen LogP contribution in [0.2, 0.25) is 0 Å². The summed E-state index contributed by atoms with van der Waals surface area (Å²) in [7, 11) is 0. The molecule has 9 heteroatoms. The summed E-state index contributed by atoms with van der Waals surface area (Å²) < 4.78 is 15.4. The summed E-state index contributed by atoms with van der Waals surface area (Å²) in [4.78, 5) is 26.9. The third-order valence-electron chi connectivity index (χ3n) is 4.99. The highest BCUT2D eigenvalue weighted by atomic mass is 32.1. The molecular formula is C19H24FN5O2S. The molecule has 0 saturated carbocycles. The Labute approximate surface area is 167 Å². The normalized spacial score (nSPS) is 16.8. The van der Waals surface area contributed by atoms with Crippen LogP contribution in [0, 0.1) is 16.5 Å². The van der Waals surface area contributed by atoms with Gasteiger partial charge in [0, 0.05) is 19.6 Å². The van der Waals surface area contributed by atoms with Gasteiger partial charge in [0.05, 0.1) is 18.9 Å². The molecule has 1 aliphatic rings. The van der Waals surface area contributed by atoms with Gasteiger partial charge in [0.15, 0.2) is 10.6 Å². The van der Waals surface area contributed by atoms with Gasteiger partial charge in [0.25, 0.3) is 0 Å². The topological polar surface area (TPSA) is 83.0 Å². The van der Waals surface area contributed by atoms with Gasteiger partial charge in [-0.05, 0) is 49.7 Å². The zero-order chi connectivity index (χ0) is 20.1. The lowest BCUT2D eigenvalue weighted by Gasteiger charge is -2.32. The molecule has 1 aromatic heterocycles. The third-order valence-corrected chi connectivity index (χ3v) is 5.30. The summed E-state index contributed by atoms with van der Waals surface area (Å²) in [6, 6.07) is 5.92. The molecule has 1 aliphatic heterocycles. The fraction of sp³-hybridized carbons (Fsp3) is 0.474. The second-order valence-corrected chi connectivity index (χ2v) is 7.28. The van der Waals surface area contributed by atoms with Crippen molar-refractivity contribution in [3.8, 4) is 0 Å². The number of H-pyrrole nitrogens is 1. The molecule has 3 rings (SSSR count). The van der Waals surface area contributed by atoms with Crippen molar-refractivity contribution in [2.75, 3.05) is 13.1 Å². The van der Waals surface area contributed by atoms with Gasteiger partial charge in [0.1, 0.15) is 5.82 Å². The Morgan fingerprint density at radius 2 is 2.11 bits per heavy atom. The van der Waals surface area contributed by atoms with E-state index in [1.54, 1.807) is 17.0 Å². The first-order chi connectivity index (χ1) is 13.5. The van der Waals surface area contributed by atoms with E-state index >= 15 is 0 Å². The van der Waals surface area contributed by atoms with Crippen LogP contribution in [0.5, 0.6) is 0 Å². The summed E-state index contributed by atoms with van der Waals surface area (Å²) in [6.07, 6.45) is 1.73. The Hall–Kier alpha value is -2.55. The lowest BCUT2D eigenvalue weighted by atomic mass is 9.96. The molecule has 0 radical (unpaired) electrons. The summed E-state index contributed by atoms with van der Waals surface area (Å²) in [6.45, 7) is 3.96. The molecule has 28 heavy (non-hydrogen) atoms. The molecule has 0 aliphatic carbocycles. The summed E-state index contributed by atoms with van der Waals surface area (Å²) in [5, 5.41) is 9.77. The molecule has 2 N–H and O–H groups in total. The van der Waals surface area contributed by atoms with Gasteiger partial charge in [-0.2, -0.15) is 5.10 Å². The van der Waals surface area contributed by atoms with Crippen LogP contribution in [0.25, 0.3) is 0 Å². The van der Waals surface area contributed by atoms with Crippen molar-refractivity contribution in [3.05, 3.63) is 46.2 Å². The molecule has 1 unspecified atom stereocenters. The number of hydrogen-bond donors (Lipinski definition) is 2. The number of rotatable bonds is 6. The maximum atomic E-state index is 13.0. The second kappa shape index (κ2) is 9.09. The number of amides is 2. The third kappa shape index (κ3) is 4.83. The van der Waals surface area contributed by atoms with E-state index in [9.17, 15) is 14.0 Å². The van der Waals surface area contributed by atoms with Gasteiger partial charge in [0.2, 0.25) is 11.8 Å². The van der Waals surface area contributed by atoms with E-state index in [-0.39, 0.29) is 30.0 Å². The van der Waals surface area contributed by atoms with Gasteiger partial charge in [-0.15, -0.1) is 0 Å². The molecule has 150 valence electrons. The predicted octanol–water partition coefficient (Wildman–Crippen LogP) is 2.20. The average molecular weight is 405 g/mol. The lowest BCUT2D eigenvalue weighted by molar-refractivity contribution is -0.135. The number of benzene rings is 1. The van der Waals surface area contributed by atoms with Crippen LogP contribution in [0.1, 0.15) is 31.2 Å². The molecule has 2 amide bonds. The van der Waals surface area contributed by atoms with Crippen molar-refractivity contribution in [1.82, 2.24) is 25.0 Å². The fourth-order valence-corrected chi connectivity index (χ4v) is 3.71. The Morgan fingerprint density at radius 1 is 1.36 bits per heavy atom. The Morgan fingerprint density at radius 3 is 2.82 bits per heavy atom. The Kier molecular flexibility index (Phi) is 6.56. The smallest absolute Gasteiger partial charge is 0.227 e. The van der Waals surface area contributed by atoms with Crippen LogP contribution in [0.3, 0.4) is 0 Å². The van der Waals surface area contributed by atoms with E-state index in [0.717, 1.165) is 18.4 Å². The first kappa shape index (κ1) is 20.2. The van der Waals surface area contributed by atoms with Gasteiger partial charge in [-0.25, -0.2) is 4.39 Å². The van der Waals surface area contributed by atoms with Crippen LogP contribution < -0.4 is 5.32 Å². The number of nitrogens with one attached hydrogen (secondary N) is 2. The molecule has 7 nitrogen and oxygen atoms in total. The van der Waals surface area contributed by atoms with Crippen LogP contribution in [0.15, 0.2) is 24.3 Å². The maximum absolute atomic E-state index is 13.0. The van der Waals surface area contributed by atoms with E-state index in [4.69, 9.17) is 12.2 Å². The maximum Gasteiger partial charge on any atom is 0.227 e. The average Bonchev–Trinajstić information content (AvgIpc) is 3.07. The minimum Gasteiger partial charge on any atom is -0.348 e. The molecule has 2 aromatic rings. The number of hydrogen-bond acceptors (Lipinski definition) is 4. The van der Waals surface area contributed by atoms with E-state index in [0.29, 0.717) is 36.8 Å². The number of aromatic nitrogens is 3. The van der Waals surface area contributed by atoms with Gasteiger partial charge < -0.3 is 14.8 Å². The van der Waals surface area contributed by atoms with Crippen LogP contribution in [0.4, 0.5) is 4.39 Å². The van der Waals surface area contributed by atoms with Crippen molar-refractivity contribution in [3.63, 3.8) is 0 Å². The number of carbonyl (C=O) groups is 2. The first-order valence-corrected chi connectivity index (χ1v) is 9.82. The standard InChI is InChI=1S/C19H24FN5O2S/c1-2-25-16(22-23-19(25)28)11-21-18(27)14-4-3-9-24(12-14)17(26)10-13-5-7-15(20)8-6-13/h5-8,14H,2-4,9-12H2,1H3,(H,21,27)(H,23,28). The SMILES string of the molecule is CCn1c(CNC(=O)C2CCCN(C(=O)Cc3ccc(F)cc3)C2)n[nH]c1=S. The molecule has 1 atom stereocenters. The van der Waals surface area contributed by atoms with E-state index in [1.165, 1.54) is 12.1 Å². The fourth-order valence-electron chi connectivity index (χ4n) is 3.43. The summed E-state index contributed by atoms with van der Waals surface area (Å²) in [5.74, 6) is -0.0222. The molecule has 2 heterocycles. The minimum atomic E-state index is -0.324. The number of nitrogens with zero attached hydrogens (tertiary/aromatic N) is 3. The Bertz CT molecular complexity index is 892. The predicted molar refractivity (Wildman–Crippen MR) is 104 cm³/mol. The number of aromatic amines is 1.